The molecule has 94 valence electrons. The SMILES string of the molecule is CC(N)c1ccc(F)cc1OCc1ccccc1. The van der Waals surface area contributed by atoms with Gasteiger partial charge in [0.2, 0.25) is 0 Å². The summed E-state index contributed by atoms with van der Waals surface area (Å²) in [4.78, 5) is 0. The van der Waals surface area contributed by atoms with Crippen molar-refractivity contribution < 1.29 is 9.13 Å². The molecule has 0 aliphatic heterocycles. The van der Waals surface area contributed by atoms with Crippen LogP contribution in [0.2, 0.25) is 0 Å². The molecule has 0 heterocycles. The van der Waals surface area contributed by atoms with Gasteiger partial charge in [-0.05, 0) is 18.6 Å². The highest BCUT2D eigenvalue weighted by Gasteiger charge is 2.09. The number of rotatable bonds is 4. The van der Waals surface area contributed by atoms with Gasteiger partial charge in [-0.1, -0.05) is 36.4 Å². The molecule has 0 fully saturated rings. The van der Waals surface area contributed by atoms with Crippen molar-refractivity contribution in [1.82, 2.24) is 0 Å². The van der Waals surface area contributed by atoms with Gasteiger partial charge in [0, 0.05) is 17.7 Å². The fraction of sp³-hybridized carbons (Fsp3) is 0.200. The van der Waals surface area contributed by atoms with E-state index in [0.29, 0.717) is 12.4 Å². The van der Waals surface area contributed by atoms with E-state index in [1.54, 1.807) is 6.07 Å². The molecule has 0 saturated heterocycles. The summed E-state index contributed by atoms with van der Waals surface area (Å²) in [5.41, 5.74) is 7.68. The molecule has 3 heteroatoms. The Hall–Kier alpha value is -1.87. The Morgan fingerprint density at radius 3 is 2.56 bits per heavy atom. The molecular formula is C15H16FNO. The fourth-order valence-electron chi connectivity index (χ4n) is 1.74. The Bertz CT molecular complexity index is 511. The van der Waals surface area contributed by atoms with Crippen LogP contribution in [-0.2, 0) is 6.61 Å². The van der Waals surface area contributed by atoms with Crippen LogP contribution in [0.25, 0.3) is 0 Å². The van der Waals surface area contributed by atoms with Crippen LogP contribution in [0.4, 0.5) is 4.39 Å². The smallest absolute Gasteiger partial charge is 0.127 e. The number of benzene rings is 2. The van der Waals surface area contributed by atoms with Gasteiger partial charge in [-0.2, -0.15) is 0 Å². The Balaban J connectivity index is 2.15. The summed E-state index contributed by atoms with van der Waals surface area (Å²) >= 11 is 0. The van der Waals surface area contributed by atoms with Crippen LogP contribution in [0.3, 0.4) is 0 Å². The molecule has 0 saturated carbocycles. The quantitative estimate of drug-likeness (QED) is 0.895. The van der Waals surface area contributed by atoms with E-state index in [-0.39, 0.29) is 11.9 Å². The van der Waals surface area contributed by atoms with Crippen LogP contribution in [-0.4, -0.2) is 0 Å². The average Bonchev–Trinajstić information content (AvgIpc) is 2.37. The second kappa shape index (κ2) is 5.65. The molecule has 2 aromatic rings. The number of hydrogen-bond acceptors (Lipinski definition) is 2. The topological polar surface area (TPSA) is 35.2 Å². The van der Waals surface area contributed by atoms with Gasteiger partial charge in [-0.15, -0.1) is 0 Å². The number of hydrogen-bond donors (Lipinski definition) is 1. The van der Waals surface area contributed by atoms with Crippen molar-refractivity contribution in [2.45, 2.75) is 19.6 Å². The largest absolute Gasteiger partial charge is 0.488 e. The van der Waals surface area contributed by atoms with Crippen LogP contribution in [0.5, 0.6) is 5.75 Å². The van der Waals surface area contributed by atoms with Crippen LogP contribution in [0, 0.1) is 5.82 Å². The lowest BCUT2D eigenvalue weighted by Crippen LogP contribution is -2.08. The summed E-state index contributed by atoms with van der Waals surface area (Å²) in [6.07, 6.45) is 0. The third kappa shape index (κ3) is 3.08. The molecule has 0 amide bonds. The Morgan fingerprint density at radius 2 is 1.89 bits per heavy atom. The van der Waals surface area contributed by atoms with Crippen molar-refractivity contribution in [1.29, 1.82) is 0 Å². The molecule has 0 bridgehead atoms. The van der Waals surface area contributed by atoms with Crippen molar-refractivity contribution in [2.24, 2.45) is 5.73 Å². The summed E-state index contributed by atoms with van der Waals surface area (Å²) in [5, 5.41) is 0. The fourth-order valence-corrected chi connectivity index (χ4v) is 1.74. The third-order valence-corrected chi connectivity index (χ3v) is 2.70. The van der Waals surface area contributed by atoms with Crippen molar-refractivity contribution >= 4 is 0 Å². The van der Waals surface area contributed by atoms with Crippen LogP contribution in [0.1, 0.15) is 24.1 Å². The highest BCUT2D eigenvalue weighted by atomic mass is 19.1. The van der Waals surface area contributed by atoms with Gasteiger partial charge in [0.1, 0.15) is 18.2 Å². The minimum Gasteiger partial charge on any atom is -0.488 e. The van der Waals surface area contributed by atoms with Gasteiger partial charge in [0.25, 0.3) is 0 Å². The lowest BCUT2D eigenvalue weighted by Gasteiger charge is -2.14. The Kier molecular flexibility index (Phi) is 3.95. The summed E-state index contributed by atoms with van der Waals surface area (Å²) in [5.74, 6) is 0.191. The van der Waals surface area contributed by atoms with E-state index >= 15 is 0 Å². The van der Waals surface area contributed by atoms with Gasteiger partial charge in [0.05, 0.1) is 0 Å². The highest BCUT2D eigenvalue weighted by molar-refractivity contribution is 5.36. The normalized spacial score (nSPS) is 12.2. The summed E-state index contributed by atoms with van der Waals surface area (Å²) in [7, 11) is 0. The maximum Gasteiger partial charge on any atom is 0.127 e. The van der Waals surface area contributed by atoms with Crippen molar-refractivity contribution in [2.75, 3.05) is 0 Å². The molecule has 2 nitrogen and oxygen atoms in total. The maximum absolute atomic E-state index is 13.2. The molecule has 0 spiro atoms. The number of nitrogens with two attached hydrogens (primary N) is 1. The molecular weight excluding hydrogens is 229 g/mol. The average molecular weight is 245 g/mol. The minimum atomic E-state index is -0.317. The maximum atomic E-state index is 13.2. The lowest BCUT2D eigenvalue weighted by atomic mass is 10.1. The zero-order valence-corrected chi connectivity index (χ0v) is 10.3. The molecule has 18 heavy (non-hydrogen) atoms. The number of halogens is 1. The first kappa shape index (κ1) is 12.6. The molecule has 0 aliphatic carbocycles. The van der Waals surface area contributed by atoms with Gasteiger partial charge >= 0.3 is 0 Å². The van der Waals surface area contributed by atoms with E-state index in [2.05, 4.69) is 0 Å². The van der Waals surface area contributed by atoms with Crippen molar-refractivity contribution in [3.8, 4) is 5.75 Å². The molecule has 1 unspecified atom stereocenters. The summed E-state index contributed by atoms with van der Waals surface area (Å²) in [6.45, 7) is 2.26. The lowest BCUT2D eigenvalue weighted by molar-refractivity contribution is 0.300. The molecule has 2 rings (SSSR count). The summed E-state index contributed by atoms with van der Waals surface area (Å²) in [6, 6.07) is 14.0. The molecule has 1 atom stereocenters. The van der Waals surface area contributed by atoms with Gasteiger partial charge in [-0.25, -0.2) is 4.39 Å². The zero-order chi connectivity index (χ0) is 13.0. The zero-order valence-electron chi connectivity index (χ0n) is 10.3. The Labute approximate surface area is 106 Å². The van der Waals surface area contributed by atoms with E-state index in [1.165, 1.54) is 12.1 Å². The first-order valence-electron chi connectivity index (χ1n) is 5.88. The monoisotopic (exact) mass is 245 g/mol. The third-order valence-electron chi connectivity index (χ3n) is 2.70. The van der Waals surface area contributed by atoms with Crippen LogP contribution >= 0.6 is 0 Å². The standard InChI is InChI=1S/C15H16FNO/c1-11(17)14-8-7-13(16)9-15(14)18-10-12-5-3-2-4-6-12/h2-9,11H,10,17H2,1H3. The van der Waals surface area contributed by atoms with E-state index in [9.17, 15) is 4.39 Å². The predicted octanol–water partition coefficient (Wildman–Crippen LogP) is 3.42. The molecule has 0 aliphatic rings. The van der Waals surface area contributed by atoms with Crippen molar-refractivity contribution in [3.05, 3.63) is 65.5 Å². The summed E-state index contributed by atoms with van der Waals surface area (Å²) < 4.78 is 18.9. The molecule has 0 radical (unpaired) electrons. The van der Waals surface area contributed by atoms with Crippen molar-refractivity contribution in [3.63, 3.8) is 0 Å². The minimum absolute atomic E-state index is 0.184. The molecule has 2 N–H and O–H groups in total. The van der Waals surface area contributed by atoms with E-state index in [1.807, 2.05) is 37.3 Å². The number of ether oxygens (including phenoxy) is 1. The van der Waals surface area contributed by atoms with Gasteiger partial charge < -0.3 is 10.5 Å². The van der Waals surface area contributed by atoms with Crippen LogP contribution in [0.15, 0.2) is 48.5 Å². The van der Waals surface area contributed by atoms with E-state index in [0.717, 1.165) is 11.1 Å². The predicted molar refractivity (Wildman–Crippen MR) is 69.8 cm³/mol. The highest BCUT2D eigenvalue weighted by Crippen LogP contribution is 2.25. The van der Waals surface area contributed by atoms with E-state index < -0.39 is 0 Å². The van der Waals surface area contributed by atoms with Crippen LogP contribution < -0.4 is 10.5 Å². The van der Waals surface area contributed by atoms with Gasteiger partial charge in [0.15, 0.2) is 0 Å². The first-order valence-corrected chi connectivity index (χ1v) is 5.88. The van der Waals surface area contributed by atoms with Gasteiger partial charge in [-0.3, -0.25) is 0 Å². The Morgan fingerprint density at radius 1 is 1.17 bits per heavy atom. The first-order chi connectivity index (χ1) is 8.66. The second-order valence-corrected chi connectivity index (χ2v) is 4.25. The molecule has 2 aromatic carbocycles. The molecule has 0 aromatic heterocycles. The van der Waals surface area contributed by atoms with E-state index in [4.69, 9.17) is 10.5 Å². The second-order valence-electron chi connectivity index (χ2n) is 4.25.